The fourth-order valence-corrected chi connectivity index (χ4v) is 2.99. The van der Waals surface area contributed by atoms with E-state index in [1.54, 1.807) is 11.3 Å². The van der Waals surface area contributed by atoms with Gasteiger partial charge < -0.3 is 4.74 Å². The van der Waals surface area contributed by atoms with Gasteiger partial charge in [-0.1, -0.05) is 25.1 Å². The summed E-state index contributed by atoms with van der Waals surface area (Å²) in [6, 6.07) is 9.92. The number of anilines is 1. The number of benzene rings is 1. The van der Waals surface area contributed by atoms with Crippen molar-refractivity contribution >= 4 is 27.5 Å². The summed E-state index contributed by atoms with van der Waals surface area (Å²) in [4.78, 5) is 10.8. The number of aromatic nitrogens is 2. The molecule has 2 aromatic heterocycles. The van der Waals surface area contributed by atoms with Crippen molar-refractivity contribution in [3.63, 3.8) is 0 Å². The van der Waals surface area contributed by atoms with E-state index in [-0.39, 0.29) is 0 Å². The minimum Gasteiger partial charge on any atom is -0.438 e. The number of aryl methyl sites for hydroxylation is 2. The molecule has 0 spiro atoms. The summed E-state index contributed by atoms with van der Waals surface area (Å²) in [5.41, 5.74) is 3.54. The average molecular weight is 300 g/mol. The number of nitrogens with two attached hydrogens (primary N) is 1. The lowest BCUT2D eigenvalue weighted by atomic mass is 10.2. The molecule has 3 rings (SSSR count). The summed E-state index contributed by atoms with van der Waals surface area (Å²) in [6.45, 7) is 4.11. The van der Waals surface area contributed by atoms with Gasteiger partial charge in [0, 0.05) is 4.88 Å². The van der Waals surface area contributed by atoms with E-state index in [0.29, 0.717) is 11.8 Å². The molecule has 0 radical (unpaired) electrons. The topological polar surface area (TPSA) is 73.1 Å². The number of para-hydroxylation sites is 1. The summed E-state index contributed by atoms with van der Waals surface area (Å²) < 4.78 is 5.98. The number of hydrazine groups is 1. The molecule has 0 saturated heterocycles. The van der Waals surface area contributed by atoms with E-state index in [0.717, 1.165) is 28.0 Å². The van der Waals surface area contributed by atoms with Crippen molar-refractivity contribution in [2.24, 2.45) is 5.84 Å². The Hall–Kier alpha value is -2.18. The molecule has 0 aliphatic rings. The second-order valence-electron chi connectivity index (χ2n) is 4.65. The lowest BCUT2D eigenvalue weighted by Gasteiger charge is -2.09. The van der Waals surface area contributed by atoms with Gasteiger partial charge in [0.1, 0.15) is 10.6 Å². The van der Waals surface area contributed by atoms with E-state index in [2.05, 4.69) is 28.4 Å². The largest absolute Gasteiger partial charge is 0.438 e. The van der Waals surface area contributed by atoms with Crippen LogP contribution in [0.2, 0.25) is 0 Å². The van der Waals surface area contributed by atoms with Gasteiger partial charge in [0.15, 0.2) is 0 Å². The van der Waals surface area contributed by atoms with Gasteiger partial charge in [-0.2, -0.15) is 4.98 Å². The second kappa shape index (κ2) is 5.67. The van der Waals surface area contributed by atoms with Crippen LogP contribution in [-0.2, 0) is 6.42 Å². The van der Waals surface area contributed by atoms with Crippen molar-refractivity contribution in [1.29, 1.82) is 0 Å². The van der Waals surface area contributed by atoms with Crippen molar-refractivity contribution < 1.29 is 4.74 Å². The van der Waals surface area contributed by atoms with E-state index in [9.17, 15) is 0 Å². The molecule has 5 nitrogen and oxygen atoms in total. The zero-order chi connectivity index (χ0) is 14.8. The number of fused-ring (bicyclic) bond motifs is 1. The molecule has 0 atom stereocenters. The highest BCUT2D eigenvalue weighted by atomic mass is 32.1. The fourth-order valence-electron chi connectivity index (χ4n) is 2.04. The van der Waals surface area contributed by atoms with Crippen LogP contribution in [0, 0.1) is 6.92 Å². The third kappa shape index (κ3) is 2.68. The maximum Gasteiger partial charge on any atom is 0.241 e. The molecule has 0 amide bonds. The number of thiophene rings is 1. The summed E-state index contributed by atoms with van der Waals surface area (Å²) in [5, 5.41) is 0.916. The first-order chi connectivity index (χ1) is 10.2. The Morgan fingerprint density at radius 2 is 2.10 bits per heavy atom. The number of nitrogen functional groups attached to an aromatic ring is 1. The highest BCUT2D eigenvalue weighted by molar-refractivity contribution is 7.18. The van der Waals surface area contributed by atoms with Crippen LogP contribution in [0.4, 0.5) is 5.95 Å². The number of nitrogens with one attached hydrogen (secondary N) is 1. The first kappa shape index (κ1) is 13.8. The third-order valence-corrected chi connectivity index (χ3v) is 4.36. The molecular weight excluding hydrogens is 284 g/mol. The number of hydrogen-bond donors (Lipinski definition) is 2. The van der Waals surface area contributed by atoms with E-state index >= 15 is 0 Å². The molecule has 0 saturated carbocycles. The standard InChI is InChI=1S/C15H16N4OS/c1-3-10-8-11-13(17-15(19-16)18-14(11)21-10)20-12-7-5-4-6-9(12)2/h4-8H,3,16H2,1-2H3,(H,17,18,19). The molecule has 2 heterocycles. The first-order valence-electron chi connectivity index (χ1n) is 6.71. The maximum atomic E-state index is 5.98. The van der Waals surface area contributed by atoms with Crippen LogP contribution in [0.1, 0.15) is 17.4 Å². The Kier molecular flexibility index (Phi) is 3.72. The van der Waals surface area contributed by atoms with Crippen LogP contribution < -0.4 is 16.0 Å². The lowest BCUT2D eigenvalue weighted by molar-refractivity contribution is 0.465. The van der Waals surface area contributed by atoms with Crippen LogP contribution in [0.3, 0.4) is 0 Å². The maximum absolute atomic E-state index is 5.98. The van der Waals surface area contributed by atoms with Gasteiger partial charge in [-0.25, -0.2) is 10.8 Å². The van der Waals surface area contributed by atoms with Crippen molar-refractivity contribution in [3.8, 4) is 11.6 Å². The number of ether oxygens (including phenoxy) is 1. The van der Waals surface area contributed by atoms with E-state index in [1.165, 1.54) is 4.88 Å². The van der Waals surface area contributed by atoms with Crippen LogP contribution in [-0.4, -0.2) is 9.97 Å². The predicted octanol–water partition coefficient (Wildman–Crippen LogP) is 3.64. The van der Waals surface area contributed by atoms with Crippen molar-refractivity contribution in [2.45, 2.75) is 20.3 Å². The Balaban J connectivity index is 2.11. The fraction of sp³-hybridized carbons (Fsp3) is 0.200. The predicted molar refractivity (Wildman–Crippen MR) is 85.9 cm³/mol. The highest BCUT2D eigenvalue weighted by Gasteiger charge is 2.13. The monoisotopic (exact) mass is 300 g/mol. The Bertz CT molecular complexity index is 784. The number of nitrogens with zero attached hydrogens (tertiary/aromatic N) is 2. The van der Waals surface area contributed by atoms with Crippen LogP contribution in [0.25, 0.3) is 10.2 Å². The Labute approximate surface area is 126 Å². The lowest BCUT2D eigenvalue weighted by Crippen LogP contribution is -2.10. The smallest absolute Gasteiger partial charge is 0.241 e. The summed E-state index contributed by atoms with van der Waals surface area (Å²) in [7, 11) is 0. The second-order valence-corrected chi connectivity index (χ2v) is 5.76. The van der Waals surface area contributed by atoms with Gasteiger partial charge in [-0.05, 0) is 31.0 Å². The SMILES string of the molecule is CCc1cc2c(Oc3ccccc3C)nc(NN)nc2s1. The molecule has 6 heteroatoms. The van der Waals surface area contributed by atoms with Gasteiger partial charge in [0.25, 0.3) is 0 Å². The zero-order valence-electron chi connectivity index (χ0n) is 11.9. The highest BCUT2D eigenvalue weighted by Crippen LogP contribution is 2.34. The Morgan fingerprint density at radius 3 is 2.81 bits per heavy atom. The van der Waals surface area contributed by atoms with Crippen molar-refractivity contribution in [3.05, 3.63) is 40.8 Å². The average Bonchev–Trinajstić information content (AvgIpc) is 2.92. The van der Waals surface area contributed by atoms with Crippen molar-refractivity contribution in [2.75, 3.05) is 5.43 Å². The van der Waals surface area contributed by atoms with Gasteiger partial charge >= 0.3 is 0 Å². The van der Waals surface area contributed by atoms with E-state index in [1.807, 2.05) is 31.2 Å². The normalized spacial score (nSPS) is 10.8. The summed E-state index contributed by atoms with van der Waals surface area (Å²) in [5.74, 6) is 7.11. The van der Waals surface area contributed by atoms with Gasteiger partial charge in [0.2, 0.25) is 11.8 Å². The van der Waals surface area contributed by atoms with Crippen LogP contribution in [0.5, 0.6) is 11.6 Å². The third-order valence-electron chi connectivity index (χ3n) is 3.19. The quantitative estimate of drug-likeness (QED) is 0.568. The molecule has 0 fully saturated rings. The molecule has 0 bridgehead atoms. The van der Waals surface area contributed by atoms with E-state index in [4.69, 9.17) is 10.6 Å². The summed E-state index contributed by atoms with van der Waals surface area (Å²) >= 11 is 1.63. The van der Waals surface area contributed by atoms with Gasteiger partial charge in [-0.15, -0.1) is 11.3 Å². The van der Waals surface area contributed by atoms with Gasteiger partial charge in [0.05, 0.1) is 5.39 Å². The molecule has 21 heavy (non-hydrogen) atoms. The molecule has 3 aromatic rings. The van der Waals surface area contributed by atoms with Gasteiger partial charge in [-0.3, -0.25) is 5.43 Å². The number of hydrogen-bond acceptors (Lipinski definition) is 6. The Morgan fingerprint density at radius 1 is 1.29 bits per heavy atom. The zero-order valence-corrected chi connectivity index (χ0v) is 12.7. The molecular formula is C15H16N4OS. The molecule has 0 unspecified atom stereocenters. The van der Waals surface area contributed by atoms with Crippen LogP contribution >= 0.6 is 11.3 Å². The molecule has 0 aliphatic heterocycles. The summed E-state index contributed by atoms with van der Waals surface area (Å²) in [6.07, 6.45) is 0.955. The van der Waals surface area contributed by atoms with Crippen LogP contribution in [0.15, 0.2) is 30.3 Å². The van der Waals surface area contributed by atoms with E-state index < -0.39 is 0 Å². The molecule has 108 valence electrons. The molecule has 0 aliphatic carbocycles. The minimum atomic E-state index is 0.357. The first-order valence-corrected chi connectivity index (χ1v) is 7.53. The minimum absolute atomic E-state index is 0.357. The molecule has 3 N–H and O–H groups in total. The number of rotatable bonds is 4. The molecule has 1 aromatic carbocycles. The van der Waals surface area contributed by atoms with Crippen molar-refractivity contribution in [1.82, 2.24) is 9.97 Å².